The van der Waals surface area contributed by atoms with Gasteiger partial charge in [0, 0.05) is 21.5 Å². The van der Waals surface area contributed by atoms with Crippen LogP contribution in [0.2, 0.25) is 0 Å². The predicted octanol–water partition coefficient (Wildman–Crippen LogP) is 15.1. The third-order valence-electron chi connectivity index (χ3n) is 11.4. The molecule has 2 heteroatoms. The molecule has 0 aliphatic heterocycles. The van der Waals surface area contributed by atoms with Crippen LogP contribution in [0, 0.1) is 0 Å². The molecule has 0 bridgehead atoms. The summed E-state index contributed by atoms with van der Waals surface area (Å²) in [4.78, 5) is 0. The van der Waals surface area contributed by atoms with Gasteiger partial charge in [-0.1, -0.05) is 146 Å². The molecule has 2 heterocycles. The van der Waals surface area contributed by atoms with E-state index in [9.17, 15) is 0 Å². The SMILES string of the molecule is c1ccc(-c2c3ccccc3c(-c3ccc4cc(-c5cc6c7ccc8oc9ccccc9c8c7oc6c6ccccc56)ccc4c3)c3ccccc23)cc1. The first-order valence-electron chi connectivity index (χ1n) is 18.5. The molecule has 0 saturated heterocycles. The summed E-state index contributed by atoms with van der Waals surface area (Å²) < 4.78 is 13.0. The van der Waals surface area contributed by atoms with Crippen molar-refractivity contribution in [2.24, 2.45) is 0 Å². The van der Waals surface area contributed by atoms with Gasteiger partial charge in [0.25, 0.3) is 0 Å². The minimum Gasteiger partial charge on any atom is -0.456 e. The molecule has 0 unspecified atom stereocenters. The summed E-state index contributed by atoms with van der Waals surface area (Å²) >= 11 is 0. The number of hydrogen-bond donors (Lipinski definition) is 0. The molecule has 250 valence electrons. The van der Waals surface area contributed by atoms with Crippen molar-refractivity contribution < 1.29 is 8.83 Å². The Bertz CT molecular complexity index is 3430. The van der Waals surface area contributed by atoms with E-state index in [1.807, 2.05) is 12.1 Å². The maximum Gasteiger partial charge on any atom is 0.147 e. The van der Waals surface area contributed by atoms with Gasteiger partial charge in [0.1, 0.15) is 22.3 Å². The average molecular weight is 687 g/mol. The molecule has 0 N–H and O–H groups in total. The van der Waals surface area contributed by atoms with Gasteiger partial charge in [-0.25, -0.2) is 0 Å². The van der Waals surface area contributed by atoms with E-state index in [1.54, 1.807) is 0 Å². The first-order valence-corrected chi connectivity index (χ1v) is 18.5. The Morgan fingerprint density at radius 1 is 0.278 bits per heavy atom. The number of benzene rings is 10. The third-order valence-corrected chi connectivity index (χ3v) is 11.4. The lowest BCUT2D eigenvalue weighted by molar-refractivity contribution is 0.664. The third kappa shape index (κ3) is 4.17. The summed E-state index contributed by atoms with van der Waals surface area (Å²) in [6, 6.07) is 65.7. The van der Waals surface area contributed by atoms with Gasteiger partial charge in [0.05, 0.1) is 5.39 Å². The zero-order valence-corrected chi connectivity index (χ0v) is 29.1. The summed E-state index contributed by atoms with van der Waals surface area (Å²) in [6.45, 7) is 0. The molecule has 0 saturated carbocycles. The maximum atomic E-state index is 6.80. The van der Waals surface area contributed by atoms with Gasteiger partial charge < -0.3 is 8.83 Å². The van der Waals surface area contributed by atoms with E-state index < -0.39 is 0 Å². The van der Waals surface area contributed by atoms with E-state index in [1.165, 1.54) is 71.1 Å². The molecule has 0 aliphatic carbocycles. The van der Waals surface area contributed by atoms with Gasteiger partial charge in [-0.3, -0.25) is 0 Å². The molecule has 54 heavy (non-hydrogen) atoms. The molecule has 12 rings (SSSR count). The van der Waals surface area contributed by atoms with E-state index in [4.69, 9.17) is 8.83 Å². The van der Waals surface area contributed by atoms with E-state index in [-0.39, 0.29) is 0 Å². The zero-order chi connectivity index (χ0) is 35.3. The Morgan fingerprint density at radius 2 is 0.815 bits per heavy atom. The Hall–Kier alpha value is -7.16. The standard InChI is InChI=1S/C52H30O2/c1-2-12-31(13-3-1)48-37-15-5-7-17-39(37)49(40-18-8-6-16-38(40)48)35-25-23-32-28-34(24-22-33(32)29-35)44-30-45-42-26-27-47-50(43-20-10-11-21-46(43)53-47)52(42)54-51(45)41-19-9-4-14-36(41)44/h1-30H. The Balaban J connectivity index is 1.05. The summed E-state index contributed by atoms with van der Waals surface area (Å²) in [5.41, 5.74) is 10.9. The minimum absolute atomic E-state index is 0.842. The molecule has 10 aromatic carbocycles. The molecule has 0 aliphatic rings. The summed E-state index contributed by atoms with van der Waals surface area (Å²) in [6.07, 6.45) is 0. The Kier molecular flexibility index (Phi) is 6.09. The Labute approximate surface area is 310 Å². The number of hydrogen-bond acceptors (Lipinski definition) is 2. The molecule has 0 fully saturated rings. The van der Waals surface area contributed by atoms with Crippen molar-refractivity contribution >= 4 is 87.0 Å². The van der Waals surface area contributed by atoms with Crippen LogP contribution in [0.4, 0.5) is 0 Å². The number of para-hydroxylation sites is 1. The largest absolute Gasteiger partial charge is 0.456 e. The lowest BCUT2D eigenvalue weighted by Gasteiger charge is -2.18. The van der Waals surface area contributed by atoms with Crippen molar-refractivity contribution in [2.45, 2.75) is 0 Å². The molecule has 2 nitrogen and oxygen atoms in total. The van der Waals surface area contributed by atoms with Crippen LogP contribution in [-0.4, -0.2) is 0 Å². The Morgan fingerprint density at radius 3 is 1.52 bits per heavy atom. The van der Waals surface area contributed by atoms with Crippen LogP contribution < -0.4 is 0 Å². The van der Waals surface area contributed by atoms with Crippen molar-refractivity contribution in [3.63, 3.8) is 0 Å². The predicted molar refractivity (Wildman–Crippen MR) is 227 cm³/mol. The lowest BCUT2D eigenvalue weighted by Crippen LogP contribution is -1.91. The monoisotopic (exact) mass is 686 g/mol. The summed E-state index contributed by atoms with van der Waals surface area (Å²) in [5, 5.41) is 14.1. The summed E-state index contributed by atoms with van der Waals surface area (Å²) in [7, 11) is 0. The highest BCUT2D eigenvalue weighted by Gasteiger charge is 2.20. The smallest absolute Gasteiger partial charge is 0.147 e. The van der Waals surface area contributed by atoms with Crippen LogP contribution in [0.3, 0.4) is 0 Å². The fourth-order valence-electron chi connectivity index (χ4n) is 9.03. The molecular formula is C52H30O2. The molecule has 0 radical (unpaired) electrons. The van der Waals surface area contributed by atoms with Gasteiger partial charge in [-0.05, 0) is 107 Å². The fourth-order valence-corrected chi connectivity index (χ4v) is 9.03. The van der Waals surface area contributed by atoms with Gasteiger partial charge in [-0.2, -0.15) is 0 Å². The minimum atomic E-state index is 0.842. The van der Waals surface area contributed by atoms with Crippen LogP contribution in [0.1, 0.15) is 0 Å². The van der Waals surface area contributed by atoms with Crippen molar-refractivity contribution in [3.05, 3.63) is 182 Å². The molecule has 12 aromatic rings. The van der Waals surface area contributed by atoms with Crippen LogP contribution in [0.15, 0.2) is 191 Å². The highest BCUT2D eigenvalue weighted by atomic mass is 16.3. The van der Waals surface area contributed by atoms with Crippen molar-refractivity contribution in [1.29, 1.82) is 0 Å². The van der Waals surface area contributed by atoms with Crippen LogP contribution in [0.25, 0.3) is 120 Å². The maximum absolute atomic E-state index is 6.80. The van der Waals surface area contributed by atoms with E-state index >= 15 is 0 Å². The van der Waals surface area contributed by atoms with E-state index in [0.29, 0.717) is 0 Å². The quantitative estimate of drug-likeness (QED) is 0.173. The van der Waals surface area contributed by atoms with E-state index in [2.05, 4.69) is 170 Å². The van der Waals surface area contributed by atoms with Crippen molar-refractivity contribution in [2.75, 3.05) is 0 Å². The molecule has 2 aromatic heterocycles. The van der Waals surface area contributed by atoms with Crippen LogP contribution >= 0.6 is 0 Å². The number of furan rings is 2. The van der Waals surface area contributed by atoms with Crippen molar-refractivity contribution in [3.8, 4) is 33.4 Å². The van der Waals surface area contributed by atoms with Crippen LogP contribution in [-0.2, 0) is 0 Å². The fraction of sp³-hybridized carbons (Fsp3) is 0. The molecule has 0 atom stereocenters. The highest BCUT2D eigenvalue weighted by molar-refractivity contribution is 6.26. The number of fused-ring (bicyclic) bond motifs is 12. The van der Waals surface area contributed by atoms with Gasteiger partial charge in [0.15, 0.2) is 0 Å². The lowest BCUT2D eigenvalue weighted by atomic mass is 9.85. The average Bonchev–Trinajstić information content (AvgIpc) is 3.81. The molecular weight excluding hydrogens is 657 g/mol. The topological polar surface area (TPSA) is 26.3 Å². The van der Waals surface area contributed by atoms with Gasteiger partial charge >= 0.3 is 0 Å². The second kappa shape index (κ2) is 11.2. The first kappa shape index (κ1) is 29.4. The van der Waals surface area contributed by atoms with Crippen molar-refractivity contribution in [1.82, 2.24) is 0 Å². The van der Waals surface area contributed by atoms with Gasteiger partial charge in [0.2, 0.25) is 0 Å². The second-order valence-corrected chi connectivity index (χ2v) is 14.3. The second-order valence-electron chi connectivity index (χ2n) is 14.3. The first-order chi connectivity index (χ1) is 26.8. The van der Waals surface area contributed by atoms with E-state index in [0.717, 1.165) is 49.3 Å². The highest BCUT2D eigenvalue weighted by Crippen LogP contribution is 2.46. The summed E-state index contributed by atoms with van der Waals surface area (Å²) in [5.74, 6) is 0. The molecule has 0 spiro atoms. The normalized spacial score (nSPS) is 12.1. The van der Waals surface area contributed by atoms with Gasteiger partial charge in [-0.15, -0.1) is 0 Å². The zero-order valence-electron chi connectivity index (χ0n) is 29.1. The van der Waals surface area contributed by atoms with Crippen LogP contribution in [0.5, 0.6) is 0 Å². The molecule has 0 amide bonds. The number of rotatable bonds is 3.